The molecule has 0 spiro atoms. The first kappa shape index (κ1) is 18.1. The molecule has 0 amide bonds. The monoisotopic (exact) mass is 345 g/mol. The van der Waals surface area contributed by atoms with Crippen LogP contribution in [0, 0.1) is 0 Å². The van der Waals surface area contributed by atoms with Crippen molar-refractivity contribution in [2.45, 2.75) is 51.0 Å². The maximum Gasteiger partial charge on any atom is 0.190 e. The van der Waals surface area contributed by atoms with E-state index in [0.29, 0.717) is 6.10 Å². The molecule has 0 unspecified atom stereocenters. The van der Waals surface area contributed by atoms with Gasteiger partial charge in [-0.25, -0.2) is 0 Å². The molecule has 1 aliphatic carbocycles. The first-order valence-corrected chi connectivity index (χ1v) is 9.66. The molecule has 1 fully saturated rings. The summed E-state index contributed by atoms with van der Waals surface area (Å²) in [6, 6.07) is 6.51. The highest BCUT2D eigenvalue weighted by Gasteiger charge is 2.14. The molecule has 5 heteroatoms. The molecule has 0 saturated heterocycles. The topological polar surface area (TPSA) is 54.9 Å². The number of benzene rings is 1. The number of hydrogen-bond donors (Lipinski definition) is 2. The molecule has 25 heavy (non-hydrogen) atoms. The summed E-state index contributed by atoms with van der Waals surface area (Å²) in [5, 5.41) is 6.75. The fourth-order valence-corrected chi connectivity index (χ4v) is 3.53. The molecular formula is C20H31N3O2. The van der Waals surface area contributed by atoms with Crippen LogP contribution in [-0.4, -0.2) is 45.4 Å². The Balaban J connectivity index is 1.28. The van der Waals surface area contributed by atoms with Crippen molar-refractivity contribution in [3.63, 3.8) is 0 Å². The van der Waals surface area contributed by atoms with Gasteiger partial charge in [0.2, 0.25) is 0 Å². The Morgan fingerprint density at radius 3 is 2.92 bits per heavy atom. The van der Waals surface area contributed by atoms with Crippen LogP contribution in [-0.2, 0) is 17.6 Å². The van der Waals surface area contributed by atoms with E-state index in [2.05, 4.69) is 33.8 Å². The molecule has 3 rings (SSSR count). The Morgan fingerprint density at radius 2 is 2.08 bits per heavy atom. The summed E-state index contributed by atoms with van der Waals surface area (Å²) in [6.07, 6.45) is 8.68. The molecule has 0 radical (unpaired) electrons. The molecule has 2 N–H and O–H groups in total. The molecule has 0 bridgehead atoms. The van der Waals surface area contributed by atoms with Gasteiger partial charge in [0, 0.05) is 33.2 Å². The number of hydrogen-bond acceptors (Lipinski definition) is 3. The normalized spacial score (nSPS) is 17.4. The van der Waals surface area contributed by atoms with Gasteiger partial charge in [-0.2, -0.15) is 0 Å². The van der Waals surface area contributed by atoms with Gasteiger partial charge in [-0.15, -0.1) is 0 Å². The predicted molar refractivity (Wildman–Crippen MR) is 102 cm³/mol. The summed E-state index contributed by atoms with van der Waals surface area (Å²) in [4.78, 5) is 4.29. The average molecular weight is 345 g/mol. The fraction of sp³-hybridized carbons (Fsp3) is 0.650. The molecule has 1 aromatic rings. The minimum absolute atomic E-state index is 0.509. The Kier molecular flexibility index (Phi) is 6.98. The Morgan fingerprint density at radius 1 is 1.24 bits per heavy atom. The van der Waals surface area contributed by atoms with Crippen LogP contribution in [0.15, 0.2) is 23.2 Å². The quantitative estimate of drug-likeness (QED) is 0.432. The van der Waals surface area contributed by atoms with Gasteiger partial charge in [0.25, 0.3) is 0 Å². The van der Waals surface area contributed by atoms with Gasteiger partial charge in [-0.3, -0.25) is 4.99 Å². The van der Waals surface area contributed by atoms with Crippen molar-refractivity contribution in [2.24, 2.45) is 4.99 Å². The van der Waals surface area contributed by atoms with E-state index in [4.69, 9.17) is 9.47 Å². The molecule has 0 aromatic heterocycles. The van der Waals surface area contributed by atoms with E-state index in [-0.39, 0.29) is 0 Å². The lowest BCUT2D eigenvalue weighted by Crippen LogP contribution is -2.39. The fourth-order valence-electron chi connectivity index (χ4n) is 3.53. The molecule has 1 heterocycles. The average Bonchev–Trinajstić information content (AvgIpc) is 3.31. The smallest absolute Gasteiger partial charge is 0.190 e. The first-order chi connectivity index (χ1) is 12.3. The summed E-state index contributed by atoms with van der Waals surface area (Å²) in [7, 11) is 1.82. The van der Waals surface area contributed by atoms with Gasteiger partial charge in [0.05, 0.1) is 12.7 Å². The number of guanidine groups is 1. The van der Waals surface area contributed by atoms with Crippen molar-refractivity contribution in [3.05, 3.63) is 29.3 Å². The summed E-state index contributed by atoms with van der Waals surface area (Å²) < 4.78 is 11.4. The van der Waals surface area contributed by atoms with E-state index >= 15 is 0 Å². The zero-order valence-electron chi connectivity index (χ0n) is 15.4. The van der Waals surface area contributed by atoms with Crippen LogP contribution in [0.4, 0.5) is 0 Å². The van der Waals surface area contributed by atoms with Gasteiger partial charge < -0.3 is 20.1 Å². The van der Waals surface area contributed by atoms with Gasteiger partial charge >= 0.3 is 0 Å². The predicted octanol–water partition coefficient (Wildman–Crippen LogP) is 2.68. The van der Waals surface area contributed by atoms with Crippen molar-refractivity contribution in [2.75, 3.05) is 33.4 Å². The highest BCUT2D eigenvalue weighted by Crippen LogP contribution is 2.25. The first-order valence-electron chi connectivity index (χ1n) is 9.66. The van der Waals surface area contributed by atoms with Crippen LogP contribution < -0.4 is 15.4 Å². The van der Waals surface area contributed by atoms with E-state index < -0.39 is 0 Å². The maximum absolute atomic E-state index is 5.88. The summed E-state index contributed by atoms with van der Waals surface area (Å²) >= 11 is 0. The second-order valence-corrected chi connectivity index (χ2v) is 6.85. The third-order valence-electron chi connectivity index (χ3n) is 4.95. The van der Waals surface area contributed by atoms with Crippen LogP contribution in [0.5, 0.6) is 5.75 Å². The standard InChI is InChI=1S/C20H31N3O2/c1-21-20(22-11-4-13-24-18-5-2-3-6-18)23-12-9-16-7-8-19-17(15-16)10-14-25-19/h7-8,15,18H,2-6,9-14H2,1H3,(H2,21,22,23). The van der Waals surface area contributed by atoms with E-state index in [1.807, 2.05) is 7.05 Å². The van der Waals surface area contributed by atoms with E-state index in [1.165, 1.54) is 36.8 Å². The maximum atomic E-state index is 5.88. The van der Waals surface area contributed by atoms with E-state index in [0.717, 1.165) is 57.3 Å². The Labute approximate surface area is 151 Å². The lowest BCUT2D eigenvalue weighted by molar-refractivity contribution is 0.0574. The van der Waals surface area contributed by atoms with Crippen molar-refractivity contribution >= 4 is 5.96 Å². The van der Waals surface area contributed by atoms with Gasteiger partial charge in [0.1, 0.15) is 5.75 Å². The summed E-state index contributed by atoms with van der Waals surface area (Å²) in [6.45, 7) is 3.42. The van der Waals surface area contributed by atoms with E-state index in [1.54, 1.807) is 0 Å². The minimum atomic E-state index is 0.509. The van der Waals surface area contributed by atoms with Gasteiger partial charge in [-0.05, 0) is 42.9 Å². The number of rotatable bonds is 8. The second-order valence-electron chi connectivity index (χ2n) is 6.85. The van der Waals surface area contributed by atoms with Gasteiger partial charge in [0.15, 0.2) is 5.96 Å². The molecule has 138 valence electrons. The van der Waals surface area contributed by atoms with E-state index in [9.17, 15) is 0 Å². The van der Waals surface area contributed by atoms with Crippen molar-refractivity contribution in [3.8, 4) is 5.75 Å². The lowest BCUT2D eigenvalue weighted by Gasteiger charge is -2.14. The molecule has 1 aromatic carbocycles. The molecule has 1 saturated carbocycles. The molecule has 0 atom stereocenters. The van der Waals surface area contributed by atoms with Crippen LogP contribution >= 0.6 is 0 Å². The minimum Gasteiger partial charge on any atom is -0.493 e. The van der Waals surface area contributed by atoms with Crippen molar-refractivity contribution < 1.29 is 9.47 Å². The largest absolute Gasteiger partial charge is 0.493 e. The Hall–Kier alpha value is -1.75. The molecule has 5 nitrogen and oxygen atoms in total. The third kappa shape index (κ3) is 5.63. The second kappa shape index (κ2) is 9.66. The highest BCUT2D eigenvalue weighted by atomic mass is 16.5. The number of nitrogens with zero attached hydrogens (tertiary/aromatic N) is 1. The number of fused-ring (bicyclic) bond motifs is 1. The number of ether oxygens (including phenoxy) is 2. The van der Waals surface area contributed by atoms with Gasteiger partial charge in [-0.1, -0.05) is 25.0 Å². The summed E-state index contributed by atoms with van der Waals surface area (Å²) in [5.74, 6) is 1.92. The molecular weight excluding hydrogens is 314 g/mol. The lowest BCUT2D eigenvalue weighted by atomic mass is 10.1. The van der Waals surface area contributed by atoms with Crippen LogP contribution in [0.2, 0.25) is 0 Å². The van der Waals surface area contributed by atoms with Crippen LogP contribution in [0.1, 0.15) is 43.2 Å². The summed E-state index contributed by atoms with van der Waals surface area (Å²) in [5.41, 5.74) is 2.68. The van der Waals surface area contributed by atoms with Crippen molar-refractivity contribution in [1.82, 2.24) is 10.6 Å². The third-order valence-corrected chi connectivity index (χ3v) is 4.95. The molecule has 2 aliphatic rings. The number of nitrogens with one attached hydrogen (secondary N) is 2. The zero-order chi connectivity index (χ0) is 17.3. The van der Waals surface area contributed by atoms with Crippen LogP contribution in [0.25, 0.3) is 0 Å². The van der Waals surface area contributed by atoms with Crippen molar-refractivity contribution in [1.29, 1.82) is 0 Å². The SMILES string of the molecule is CN=C(NCCCOC1CCCC1)NCCc1ccc2c(c1)CCO2. The Bertz CT molecular complexity index is 568. The van der Waals surface area contributed by atoms with Crippen LogP contribution in [0.3, 0.4) is 0 Å². The number of aliphatic imine (C=N–C) groups is 1. The zero-order valence-corrected chi connectivity index (χ0v) is 15.4. The molecule has 1 aliphatic heterocycles. The highest BCUT2D eigenvalue weighted by molar-refractivity contribution is 5.79.